The van der Waals surface area contributed by atoms with Crippen LogP contribution in [-0.2, 0) is 4.79 Å². The second kappa shape index (κ2) is 5.13. The van der Waals surface area contributed by atoms with Gasteiger partial charge in [-0.05, 0) is 27.7 Å². The molecule has 0 saturated heterocycles. The van der Waals surface area contributed by atoms with Crippen molar-refractivity contribution in [2.24, 2.45) is 5.41 Å². The predicted molar refractivity (Wildman–Crippen MR) is 70.0 cm³/mol. The Morgan fingerprint density at radius 3 is 2.32 bits per heavy atom. The molecule has 104 valence electrons. The fraction of sp³-hybridized carbons (Fsp3) is 0.500. The lowest BCUT2D eigenvalue weighted by Gasteiger charge is -2.38. The largest absolute Gasteiger partial charge is 0.481 e. The van der Waals surface area contributed by atoms with Crippen molar-refractivity contribution in [2.45, 2.75) is 33.2 Å². The number of halogens is 1. The number of amides is 1. The molecule has 0 radical (unpaired) electrons. The van der Waals surface area contributed by atoms with Gasteiger partial charge in [0, 0.05) is 0 Å². The summed E-state index contributed by atoms with van der Waals surface area (Å²) in [5.74, 6) is -1.52. The van der Waals surface area contributed by atoms with E-state index in [1.165, 1.54) is 12.4 Å². The molecule has 0 fully saturated rings. The third-order valence-electron chi connectivity index (χ3n) is 3.36. The van der Waals surface area contributed by atoms with E-state index in [0.29, 0.717) is 0 Å². The van der Waals surface area contributed by atoms with Crippen molar-refractivity contribution in [3.8, 4) is 0 Å². The normalized spacial score (nSPS) is 12.1. The maximum absolute atomic E-state index is 12.0. The van der Waals surface area contributed by atoms with E-state index in [1.54, 1.807) is 27.7 Å². The van der Waals surface area contributed by atoms with Crippen LogP contribution in [0.15, 0.2) is 12.4 Å². The molecule has 0 atom stereocenters. The van der Waals surface area contributed by atoms with Crippen molar-refractivity contribution >= 4 is 23.5 Å². The van der Waals surface area contributed by atoms with Crippen molar-refractivity contribution in [3.63, 3.8) is 0 Å². The molecule has 1 aromatic heterocycles. The number of hydrogen-bond acceptors (Lipinski definition) is 4. The second-order valence-electron chi connectivity index (χ2n) is 5.24. The lowest BCUT2D eigenvalue weighted by molar-refractivity contribution is -0.150. The van der Waals surface area contributed by atoms with Gasteiger partial charge in [-0.1, -0.05) is 11.6 Å². The molecular formula is C12H16ClN3O3. The van der Waals surface area contributed by atoms with Crippen LogP contribution in [-0.4, -0.2) is 32.5 Å². The molecule has 1 heterocycles. The second-order valence-corrected chi connectivity index (χ2v) is 5.62. The molecule has 0 unspecified atom stereocenters. The van der Waals surface area contributed by atoms with Crippen molar-refractivity contribution < 1.29 is 14.7 Å². The van der Waals surface area contributed by atoms with Gasteiger partial charge in [-0.15, -0.1) is 0 Å². The number of nitrogens with zero attached hydrogens (tertiary/aromatic N) is 2. The van der Waals surface area contributed by atoms with E-state index >= 15 is 0 Å². The van der Waals surface area contributed by atoms with Gasteiger partial charge in [0.2, 0.25) is 0 Å². The Hall–Kier alpha value is -1.69. The maximum Gasteiger partial charge on any atom is 0.311 e. The van der Waals surface area contributed by atoms with Gasteiger partial charge in [0.1, 0.15) is 10.8 Å². The molecule has 0 spiro atoms. The monoisotopic (exact) mass is 285 g/mol. The van der Waals surface area contributed by atoms with E-state index in [0.717, 1.165) is 0 Å². The number of aromatic nitrogens is 2. The van der Waals surface area contributed by atoms with Gasteiger partial charge in [0.05, 0.1) is 23.3 Å². The lowest BCUT2D eigenvalue weighted by atomic mass is 9.74. The van der Waals surface area contributed by atoms with Crippen LogP contribution < -0.4 is 5.32 Å². The summed E-state index contributed by atoms with van der Waals surface area (Å²) in [7, 11) is 0. The summed E-state index contributed by atoms with van der Waals surface area (Å²) < 4.78 is 0. The number of carbonyl (C=O) groups is 2. The highest BCUT2D eigenvalue weighted by Gasteiger charge is 2.44. The summed E-state index contributed by atoms with van der Waals surface area (Å²) in [5.41, 5.74) is -2.07. The maximum atomic E-state index is 12.0. The Balaban J connectivity index is 2.96. The third-order valence-corrected chi connectivity index (χ3v) is 3.54. The first-order chi connectivity index (χ1) is 8.58. The molecule has 1 rings (SSSR count). The van der Waals surface area contributed by atoms with Gasteiger partial charge < -0.3 is 10.4 Å². The quantitative estimate of drug-likeness (QED) is 0.879. The average Bonchev–Trinajstić information content (AvgIpc) is 2.27. The van der Waals surface area contributed by atoms with Crippen LogP contribution in [0.25, 0.3) is 0 Å². The summed E-state index contributed by atoms with van der Waals surface area (Å²) in [6, 6.07) is 0. The van der Waals surface area contributed by atoms with Crippen molar-refractivity contribution in [2.75, 3.05) is 0 Å². The summed E-state index contributed by atoms with van der Waals surface area (Å²) in [6.07, 6.45) is 2.58. The molecular weight excluding hydrogens is 270 g/mol. The third kappa shape index (κ3) is 3.20. The summed E-state index contributed by atoms with van der Waals surface area (Å²) in [4.78, 5) is 30.8. The van der Waals surface area contributed by atoms with Crippen LogP contribution in [0.3, 0.4) is 0 Å². The standard InChI is InChI=1S/C12H16ClN3O3/c1-11(2,10(18)19)12(3,4)16-9(17)7-5-14-6-8(13)15-7/h5-6H,1-4H3,(H,16,17)(H,18,19). The SMILES string of the molecule is CC(C)(NC(=O)c1cncc(Cl)n1)C(C)(C)C(=O)O. The van der Waals surface area contributed by atoms with E-state index in [-0.39, 0.29) is 10.8 Å². The van der Waals surface area contributed by atoms with Gasteiger partial charge in [-0.2, -0.15) is 0 Å². The number of carbonyl (C=O) groups excluding carboxylic acids is 1. The van der Waals surface area contributed by atoms with Crippen LogP contribution in [0.4, 0.5) is 0 Å². The molecule has 7 heteroatoms. The van der Waals surface area contributed by atoms with Gasteiger partial charge in [-0.25, -0.2) is 4.98 Å². The Labute approximate surface area is 116 Å². The number of nitrogens with one attached hydrogen (secondary N) is 1. The molecule has 19 heavy (non-hydrogen) atoms. The van der Waals surface area contributed by atoms with E-state index in [1.807, 2.05) is 0 Å². The Bertz CT molecular complexity index is 515. The lowest BCUT2D eigenvalue weighted by Crippen LogP contribution is -2.57. The molecule has 0 bridgehead atoms. The minimum atomic E-state index is -1.14. The number of aliphatic carboxylic acids is 1. The van der Waals surface area contributed by atoms with Crippen LogP contribution in [0.5, 0.6) is 0 Å². The van der Waals surface area contributed by atoms with E-state index in [9.17, 15) is 14.7 Å². The highest BCUT2D eigenvalue weighted by molar-refractivity contribution is 6.29. The van der Waals surface area contributed by atoms with Crippen molar-refractivity contribution in [1.82, 2.24) is 15.3 Å². The molecule has 6 nitrogen and oxygen atoms in total. The smallest absolute Gasteiger partial charge is 0.311 e. The highest BCUT2D eigenvalue weighted by Crippen LogP contribution is 2.30. The minimum absolute atomic E-state index is 0.0433. The molecule has 0 aliphatic rings. The Morgan fingerprint density at radius 2 is 1.84 bits per heavy atom. The zero-order chi connectivity index (χ0) is 14.8. The molecule has 1 amide bonds. The first kappa shape index (κ1) is 15.4. The molecule has 0 saturated carbocycles. The van der Waals surface area contributed by atoms with E-state index in [4.69, 9.17) is 11.6 Å². The van der Waals surface area contributed by atoms with E-state index in [2.05, 4.69) is 15.3 Å². The van der Waals surface area contributed by atoms with Crippen LogP contribution in [0.1, 0.15) is 38.2 Å². The van der Waals surface area contributed by atoms with Crippen LogP contribution >= 0.6 is 11.6 Å². The van der Waals surface area contributed by atoms with Crippen molar-refractivity contribution in [3.05, 3.63) is 23.2 Å². The van der Waals surface area contributed by atoms with Gasteiger partial charge in [0.15, 0.2) is 0 Å². The van der Waals surface area contributed by atoms with Gasteiger partial charge in [-0.3, -0.25) is 14.6 Å². The van der Waals surface area contributed by atoms with E-state index < -0.39 is 22.8 Å². The topological polar surface area (TPSA) is 92.2 Å². The molecule has 0 aromatic carbocycles. The molecule has 2 N–H and O–H groups in total. The average molecular weight is 286 g/mol. The number of carboxylic acids is 1. The number of rotatable bonds is 4. The summed E-state index contributed by atoms with van der Waals surface area (Å²) >= 11 is 5.65. The predicted octanol–water partition coefficient (Wildman–Crippen LogP) is 1.75. The summed E-state index contributed by atoms with van der Waals surface area (Å²) in [6.45, 7) is 6.35. The fourth-order valence-electron chi connectivity index (χ4n) is 1.22. The first-order valence-electron chi connectivity index (χ1n) is 5.61. The number of carboxylic acid groups (broad SMARTS) is 1. The molecule has 1 aromatic rings. The molecule has 0 aliphatic carbocycles. The zero-order valence-electron chi connectivity index (χ0n) is 11.2. The van der Waals surface area contributed by atoms with Crippen LogP contribution in [0.2, 0.25) is 5.15 Å². The minimum Gasteiger partial charge on any atom is -0.481 e. The van der Waals surface area contributed by atoms with Crippen molar-refractivity contribution in [1.29, 1.82) is 0 Å². The molecule has 0 aliphatic heterocycles. The summed E-state index contributed by atoms with van der Waals surface area (Å²) in [5, 5.41) is 11.9. The van der Waals surface area contributed by atoms with Gasteiger partial charge in [0.25, 0.3) is 5.91 Å². The van der Waals surface area contributed by atoms with Crippen LogP contribution in [0, 0.1) is 5.41 Å². The first-order valence-corrected chi connectivity index (χ1v) is 5.99. The zero-order valence-corrected chi connectivity index (χ0v) is 11.9. The number of hydrogen-bond donors (Lipinski definition) is 2. The highest BCUT2D eigenvalue weighted by atomic mass is 35.5. The Kier molecular flexibility index (Phi) is 4.15. The Morgan fingerprint density at radius 1 is 1.26 bits per heavy atom. The van der Waals surface area contributed by atoms with Gasteiger partial charge >= 0.3 is 5.97 Å². The fourth-order valence-corrected chi connectivity index (χ4v) is 1.37.